The molecule has 1 atom stereocenters. The number of anilines is 1. The number of para-hydroxylation sites is 1. The second kappa shape index (κ2) is 7.67. The molecule has 0 radical (unpaired) electrons. The molecule has 1 aliphatic rings. The van der Waals surface area contributed by atoms with Crippen molar-refractivity contribution in [2.75, 3.05) is 5.01 Å². The molecule has 148 valence electrons. The van der Waals surface area contributed by atoms with Crippen molar-refractivity contribution in [2.45, 2.75) is 16.7 Å². The minimum atomic E-state index is -4.61. The normalized spacial score (nSPS) is 16.6. The van der Waals surface area contributed by atoms with Crippen LogP contribution in [0.2, 0.25) is 0 Å². The van der Waals surface area contributed by atoms with E-state index in [1.54, 1.807) is 0 Å². The highest BCUT2D eigenvalue weighted by molar-refractivity contribution is 7.91. The van der Waals surface area contributed by atoms with Crippen molar-refractivity contribution < 1.29 is 17.2 Å². The van der Waals surface area contributed by atoms with E-state index in [1.807, 2.05) is 71.7 Å². The number of sulfone groups is 1. The Labute approximate surface area is 168 Å². The summed E-state index contributed by atoms with van der Waals surface area (Å²) in [6, 6.07) is 25.1. The van der Waals surface area contributed by atoms with Gasteiger partial charge in [0.2, 0.25) is 9.84 Å². The third-order valence-corrected chi connectivity index (χ3v) is 6.15. The SMILES string of the molecule is O=S(=O)(c1ccc(C2=CC(c3ccccc3)N(c3ccccc3)N2)cc1)C(F)F. The van der Waals surface area contributed by atoms with E-state index < -0.39 is 20.5 Å². The number of hydrazine groups is 1. The lowest BCUT2D eigenvalue weighted by Crippen LogP contribution is -2.33. The summed E-state index contributed by atoms with van der Waals surface area (Å²) in [6.45, 7) is 0. The number of hydrogen-bond donors (Lipinski definition) is 1. The Morgan fingerprint density at radius 1 is 0.828 bits per heavy atom. The lowest BCUT2D eigenvalue weighted by atomic mass is 10.0. The number of nitrogens with one attached hydrogen (secondary N) is 1. The van der Waals surface area contributed by atoms with Gasteiger partial charge in [-0.2, -0.15) is 8.78 Å². The van der Waals surface area contributed by atoms with Crippen LogP contribution in [0, 0.1) is 0 Å². The molecule has 3 aromatic carbocycles. The van der Waals surface area contributed by atoms with Crippen molar-refractivity contribution in [3.63, 3.8) is 0 Å². The molecular formula is C22H18F2N2O2S. The minimum absolute atomic E-state index is 0.0851. The van der Waals surface area contributed by atoms with Crippen LogP contribution in [0.5, 0.6) is 0 Å². The molecule has 29 heavy (non-hydrogen) atoms. The maximum atomic E-state index is 12.8. The van der Waals surface area contributed by atoms with Crippen LogP contribution in [0.3, 0.4) is 0 Å². The molecule has 0 bridgehead atoms. The zero-order valence-corrected chi connectivity index (χ0v) is 16.1. The lowest BCUT2D eigenvalue weighted by Gasteiger charge is -2.27. The first kappa shape index (κ1) is 19.1. The molecule has 1 aliphatic heterocycles. The molecule has 0 fully saturated rings. The van der Waals surface area contributed by atoms with E-state index in [2.05, 4.69) is 5.43 Å². The fourth-order valence-corrected chi connectivity index (χ4v) is 3.99. The third kappa shape index (κ3) is 3.73. The standard InChI is InChI=1S/C22H18F2N2O2S/c23-22(24)29(27,28)19-13-11-16(12-14-19)20-15-21(17-7-3-1-4-8-17)26(25-20)18-9-5-2-6-10-18/h1-15,21-22,25H. The molecule has 0 saturated heterocycles. The molecule has 4 nitrogen and oxygen atoms in total. The fourth-order valence-electron chi connectivity index (χ4n) is 3.27. The van der Waals surface area contributed by atoms with Crippen LogP contribution in [0.1, 0.15) is 17.2 Å². The molecule has 0 spiro atoms. The van der Waals surface area contributed by atoms with Gasteiger partial charge in [0, 0.05) is 0 Å². The molecule has 0 aliphatic carbocycles. The number of halogens is 2. The summed E-state index contributed by atoms with van der Waals surface area (Å²) < 4.78 is 48.8. The van der Waals surface area contributed by atoms with E-state index >= 15 is 0 Å². The molecule has 1 unspecified atom stereocenters. The quantitative estimate of drug-likeness (QED) is 0.655. The molecular weight excluding hydrogens is 394 g/mol. The summed E-state index contributed by atoms with van der Waals surface area (Å²) >= 11 is 0. The summed E-state index contributed by atoms with van der Waals surface area (Å²) in [5.41, 5.74) is 6.87. The van der Waals surface area contributed by atoms with Crippen LogP contribution in [-0.2, 0) is 9.84 Å². The van der Waals surface area contributed by atoms with Crippen LogP contribution < -0.4 is 10.4 Å². The predicted octanol–water partition coefficient (Wildman–Crippen LogP) is 4.79. The topological polar surface area (TPSA) is 49.4 Å². The zero-order valence-electron chi connectivity index (χ0n) is 15.2. The Morgan fingerprint density at radius 2 is 1.41 bits per heavy atom. The van der Waals surface area contributed by atoms with Crippen LogP contribution in [0.25, 0.3) is 5.70 Å². The molecule has 7 heteroatoms. The number of hydrogen-bond acceptors (Lipinski definition) is 4. The van der Waals surface area contributed by atoms with Crippen molar-refractivity contribution in [3.05, 3.63) is 102 Å². The van der Waals surface area contributed by atoms with Crippen molar-refractivity contribution in [2.24, 2.45) is 0 Å². The van der Waals surface area contributed by atoms with E-state index in [9.17, 15) is 17.2 Å². The highest BCUT2D eigenvalue weighted by Crippen LogP contribution is 2.35. The molecule has 0 amide bonds. The molecule has 4 rings (SSSR count). The van der Waals surface area contributed by atoms with Gasteiger partial charge in [-0.25, -0.2) is 8.42 Å². The van der Waals surface area contributed by atoms with Gasteiger partial charge in [0.15, 0.2) is 0 Å². The van der Waals surface area contributed by atoms with Gasteiger partial charge in [-0.3, -0.25) is 10.4 Å². The molecule has 1 N–H and O–H groups in total. The summed E-state index contributed by atoms with van der Waals surface area (Å²) in [7, 11) is -4.61. The second-order valence-corrected chi connectivity index (χ2v) is 8.50. The third-order valence-electron chi connectivity index (χ3n) is 4.75. The van der Waals surface area contributed by atoms with Crippen LogP contribution in [0.4, 0.5) is 14.5 Å². The Balaban J connectivity index is 1.69. The second-order valence-electron chi connectivity index (χ2n) is 6.58. The van der Waals surface area contributed by atoms with E-state index in [1.165, 1.54) is 24.3 Å². The van der Waals surface area contributed by atoms with Crippen molar-refractivity contribution >= 4 is 21.2 Å². The summed E-state index contributed by atoms with van der Waals surface area (Å²) in [5.74, 6) is -3.44. The van der Waals surface area contributed by atoms with Gasteiger partial charge in [0.25, 0.3) is 0 Å². The molecule has 3 aromatic rings. The monoisotopic (exact) mass is 412 g/mol. The Hall–Kier alpha value is -3.19. The number of alkyl halides is 2. The number of rotatable bonds is 5. The summed E-state index contributed by atoms with van der Waals surface area (Å²) in [6.07, 6.45) is 2.03. The van der Waals surface area contributed by atoms with Gasteiger partial charge in [-0.15, -0.1) is 0 Å². The minimum Gasteiger partial charge on any atom is -0.297 e. The van der Waals surface area contributed by atoms with Crippen molar-refractivity contribution in [1.29, 1.82) is 0 Å². The maximum absolute atomic E-state index is 12.8. The van der Waals surface area contributed by atoms with Crippen LogP contribution in [0.15, 0.2) is 95.9 Å². The molecule has 1 heterocycles. The van der Waals surface area contributed by atoms with Crippen molar-refractivity contribution in [1.82, 2.24) is 5.43 Å². The van der Waals surface area contributed by atoms with E-state index in [4.69, 9.17) is 0 Å². The largest absolute Gasteiger partial charge is 0.341 e. The lowest BCUT2D eigenvalue weighted by molar-refractivity contribution is 0.234. The Morgan fingerprint density at radius 3 is 2.00 bits per heavy atom. The van der Waals surface area contributed by atoms with Gasteiger partial charge in [-0.05, 0) is 41.5 Å². The molecule has 0 aromatic heterocycles. The van der Waals surface area contributed by atoms with Crippen molar-refractivity contribution in [3.8, 4) is 0 Å². The van der Waals surface area contributed by atoms with Gasteiger partial charge in [0.1, 0.15) is 0 Å². The average molecular weight is 412 g/mol. The summed E-state index contributed by atoms with van der Waals surface area (Å²) in [4.78, 5) is -0.394. The smallest absolute Gasteiger partial charge is 0.297 e. The maximum Gasteiger partial charge on any atom is 0.341 e. The number of nitrogens with zero attached hydrogens (tertiary/aromatic N) is 1. The van der Waals surface area contributed by atoms with Gasteiger partial charge >= 0.3 is 5.76 Å². The molecule has 0 saturated carbocycles. The first-order valence-corrected chi connectivity index (χ1v) is 10.5. The first-order chi connectivity index (χ1) is 14.0. The van der Waals surface area contributed by atoms with E-state index in [0.29, 0.717) is 5.56 Å². The van der Waals surface area contributed by atoms with Gasteiger partial charge < -0.3 is 0 Å². The van der Waals surface area contributed by atoms with Crippen LogP contribution in [-0.4, -0.2) is 14.2 Å². The Kier molecular flexibility index (Phi) is 5.07. The summed E-state index contributed by atoms with van der Waals surface area (Å²) in [5, 5.41) is 2.01. The highest BCUT2D eigenvalue weighted by atomic mass is 32.2. The van der Waals surface area contributed by atoms with Crippen LogP contribution >= 0.6 is 0 Å². The van der Waals surface area contributed by atoms with Gasteiger partial charge in [-0.1, -0.05) is 60.7 Å². The predicted molar refractivity (Wildman–Crippen MR) is 109 cm³/mol. The van der Waals surface area contributed by atoms with Gasteiger partial charge in [0.05, 0.1) is 22.3 Å². The number of benzene rings is 3. The highest BCUT2D eigenvalue weighted by Gasteiger charge is 2.29. The zero-order chi connectivity index (χ0) is 20.4. The first-order valence-electron chi connectivity index (χ1n) is 8.97. The van der Waals surface area contributed by atoms with E-state index in [0.717, 1.165) is 16.9 Å². The van der Waals surface area contributed by atoms with E-state index in [-0.39, 0.29) is 6.04 Å². The Bertz CT molecular complexity index is 1120. The average Bonchev–Trinajstić information content (AvgIpc) is 3.20. The fraction of sp³-hybridized carbons (Fsp3) is 0.0909.